The highest BCUT2D eigenvalue weighted by atomic mass is 15.0. The predicted molar refractivity (Wildman–Crippen MR) is 45.1 cm³/mol. The van der Waals surface area contributed by atoms with E-state index in [1.54, 1.807) is 19.3 Å². The lowest BCUT2D eigenvalue weighted by Crippen LogP contribution is -1.99. The van der Waals surface area contributed by atoms with Crippen LogP contribution in [0.25, 0.3) is 0 Å². The highest BCUT2D eigenvalue weighted by Gasteiger charge is 2.40. The average molecular weight is 141 g/mol. The Bertz CT molecular complexity index is 88.1. The minimum Gasteiger partial charge on any atom is -0.312 e. The molecule has 2 aliphatic carbocycles. The maximum Gasteiger partial charge on any atom is -0.0140 e. The molecule has 10 heavy (non-hydrogen) atoms. The zero-order chi connectivity index (χ0) is 7.56. The summed E-state index contributed by atoms with van der Waals surface area (Å²) in [4.78, 5) is 2.00. The summed E-state index contributed by atoms with van der Waals surface area (Å²) in [6, 6.07) is 0. The van der Waals surface area contributed by atoms with Crippen molar-refractivity contribution in [3.8, 4) is 0 Å². The standard InChI is InChI=1S/C6H10.C3H9N/c1-2-5-4-6(5)3-1;1-4(2)3/h5-6H,1-4H2;1-3H3. The number of hydrogen-bond acceptors (Lipinski definition) is 1. The molecule has 2 unspecified atom stereocenters. The van der Waals surface area contributed by atoms with Gasteiger partial charge >= 0.3 is 0 Å². The van der Waals surface area contributed by atoms with Crippen LogP contribution < -0.4 is 0 Å². The molecule has 0 aromatic heterocycles. The second-order valence-corrected chi connectivity index (χ2v) is 4.03. The Hall–Kier alpha value is -0.0400. The van der Waals surface area contributed by atoms with Gasteiger partial charge in [0, 0.05) is 0 Å². The van der Waals surface area contributed by atoms with Gasteiger partial charge in [-0.25, -0.2) is 0 Å². The fraction of sp³-hybridized carbons (Fsp3) is 1.00. The molecular weight excluding hydrogens is 122 g/mol. The molecule has 0 amide bonds. The molecule has 0 bridgehead atoms. The van der Waals surface area contributed by atoms with Gasteiger partial charge in [0.2, 0.25) is 0 Å². The number of rotatable bonds is 0. The fourth-order valence-electron chi connectivity index (χ4n) is 1.66. The van der Waals surface area contributed by atoms with Crippen LogP contribution in [0.4, 0.5) is 0 Å². The molecule has 0 N–H and O–H groups in total. The van der Waals surface area contributed by atoms with Crippen LogP contribution in [0.15, 0.2) is 0 Å². The van der Waals surface area contributed by atoms with E-state index in [-0.39, 0.29) is 0 Å². The molecule has 0 saturated heterocycles. The molecule has 2 atom stereocenters. The Morgan fingerprint density at radius 1 is 1.00 bits per heavy atom. The van der Waals surface area contributed by atoms with E-state index in [0.717, 1.165) is 0 Å². The lowest BCUT2D eigenvalue weighted by atomic mass is 10.3. The van der Waals surface area contributed by atoms with Crippen molar-refractivity contribution in [1.29, 1.82) is 0 Å². The first-order valence-corrected chi connectivity index (χ1v) is 4.31. The van der Waals surface area contributed by atoms with E-state index < -0.39 is 0 Å². The third kappa shape index (κ3) is 2.70. The van der Waals surface area contributed by atoms with E-state index >= 15 is 0 Å². The van der Waals surface area contributed by atoms with Gasteiger partial charge in [0.05, 0.1) is 0 Å². The quantitative estimate of drug-likeness (QED) is 0.498. The van der Waals surface area contributed by atoms with Crippen LogP contribution in [-0.2, 0) is 0 Å². The number of hydrogen-bond donors (Lipinski definition) is 0. The van der Waals surface area contributed by atoms with E-state index in [4.69, 9.17) is 0 Å². The summed E-state index contributed by atoms with van der Waals surface area (Å²) in [5.41, 5.74) is 0. The Labute approximate surface area is 64.4 Å². The molecule has 0 heterocycles. The zero-order valence-electron chi connectivity index (χ0n) is 7.43. The minimum absolute atomic E-state index is 1.21. The first-order chi connectivity index (χ1) is 4.70. The van der Waals surface area contributed by atoms with E-state index in [2.05, 4.69) is 0 Å². The minimum atomic E-state index is 1.21. The summed E-state index contributed by atoms with van der Waals surface area (Å²) in [6.07, 6.45) is 6.24. The van der Waals surface area contributed by atoms with Crippen molar-refractivity contribution in [3.05, 3.63) is 0 Å². The van der Waals surface area contributed by atoms with Crippen molar-refractivity contribution in [3.63, 3.8) is 0 Å². The van der Waals surface area contributed by atoms with E-state index in [9.17, 15) is 0 Å². The predicted octanol–water partition coefficient (Wildman–Crippen LogP) is 1.98. The molecule has 2 saturated carbocycles. The summed E-state index contributed by atoms with van der Waals surface area (Å²) in [7, 11) is 6.00. The average Bonchev–Trinajstić information content (AvgIpc) is 2.40. The summed E-state index contributed by atoms with van der Waals surface area (Å²) < 4.78 is 0. The summed E-state index contributed by atoms with van der Waals surface area (Å²) >= 11 is 0. The zero-order valence-corrected chi connectivity index (χ0v) is 7.43. The van der Waals surface area contributed by atoms with Crippen molar-refractivity contribution in [1.82, 2.24) is 4.90 Å². The lowest BCUT2D eigenvalue weighted by Gasteiger charge is -1.90. The number of fused-ring (bicyclic) bond motifs is 1. The van der Waals surface area contributed by atoms with Crippen LogP contribution >= 0.6 is 0 Å². The van der Waals surface area contributed by atoms with Crippen molar-refractivity contribution < 1.29 is 0 Å². The highest BCUT2D eigenvalue weighted by Crippen LogP contribution is 2.51. The van der Waals surface area contributed by atoms with Crippen molar-refractivity contribution in [2.24, 2.45) is 11.8 Å². The van der Waals surface area contributed by atoms with Crippen molar-refractivity contribution in [2.75, 3.05) is 21.1 Å². The smallest absolute Gasteiger partial charge is 0.0140 e. The maximum atomic E-state index is 2.00. The van der Waals surface area contributed by atoms with Gasteiger partial charge in [0.15, 0.2) is 0 Å². The monoisotopic (exact) mass is 141 g/mol. The molecule has 0 aromatic rings. The molecule has 0 aromatic carbocycles. The molecule has 0 spiro atoms. The van der Waals surface area contributed by atoms with Gasteiger partial charge in [-0.1, -0.05) is 19.3 Å². The van der Waals surface area contributed by atoms with E-state index in [0.29, 0.717) is 0 Å². The molecule has 2 fully saturated rings. The van der Waals surface area contributed by atoms with Crippen LogP contribution in [0.1, 0.15) is 25.7 Å². The molecule has 1 heteroatoms. The van der Waals surface area contributed by atoms with Gasteiger partial charge in [-0.2, -0.15) is 0 Å². The Kier molecular flexibility index (Phi) is 2.72. The van der Waals surface area contributed by atoms with Gasteiger partial charge in [0.25, 0.3) is 0 Å². The van der Waals surface area contributed by atoms with Crippen molar-refractivity contribution >= 4 is 0 Å². The molecule has 1 nitrogen and oxygen atoms in total. The first kappa shape index (κ1) is 8.06. The largest absolute Gasteiger partial charge is 0.312 e. The number of nitrogens with zero attached hydrogens (tertiary/aromatic N) is 1. The topological polar surface area (TPSA) is 3.24 Å². The molecular formula is C9H19N. The van der Waals surface area contributed by atoms with Crippen molar-refractivity contribution in [2.45, 2.75) is 25.7 Å². The van der Waals surface area contributed by atoms with Crippen LogP contribution in [0.3, 0.4) is 0 Å². The third-order valence-corrected chi connectivity index (χ3v) is 2.22. The summed E-state index contributed by atoms with van der Waals surface area (Å²) in [5.74, 6) is 2.43. The third-order valence-electron chi connectivity index (χ3n) is 2.22. The Balaban J connectivity index is 0.000000112. The second kappa shape index (κ2) is 3.38. The Morgan fingerprint density at radius 2 is 1.40 bits per heavy atom. The normalized spacial score (nSPS) is 34.8. The first-order valence-electron chi connectivity index (χ1n) is 4.31. The molecule has 2 rings (SSSR count). The fourth-order valence-corrected chi connectivity index (χ4v) is 1.66. The summed E-state index contributed by atoms with van der Waals surface area (Å²) in [5, 5.41) is 0. The molecule has 0 aliphatic heterocycles. The molecule has 60 valence electrons. The van der Waals surface area contributed by atoms with Gasteiger partial charge < -0.3 is 4.90 Å². The highest BCUT2D eigenvalue weighted by molar-refractivity contribution is 4.91. The summed E-state index contributed by atoms with van der Waals surface area (Å²) in [6.45, 7) is 0. The van der Waals surface area contributed by atoms with E-state index in [1.165, 1.54) is 18.3 Å². The lowest BCUT2D eigenvalue weighted by molar-refractivity contribution is 0.505. The van der Waals surface area contributed by atoms with Crippen LogP contribution in [-0.4, -0.2) is 26.0 Å². The van der Waals surface area contributed by atoms with Gasteiger partial charge in [-0.05, 0) is 39.4 Å². The van der Waals surface area contributed by atoms with E-state index in [1.807, 2.05) is 26.0 Å². The van der Waals surface area contributed by atoms with Crippen LogP contribution in [0, 0.1) is 11.8 Å². The Morgan fingerprint density at radius 3 is 1.50 bits per heavy atom. The van der Waals surface area contributed by atoms with Crippen LogP contribution in [0.5, 0.6) is 0 Å². The molecule has 0 radical (unpaired) electrons. The maximum absolute atomic E-state index is 2.00. The second-order valence-electron chi connectivity index (χ2n) is 4.03. The van der Waals surface area contributed by atoms with Crippen LogP contribution in [0.2, 0.25) is 0 Å². The van der Waals surface area contributed by atoms with Gasteiger partial charge in [-0.15, -0.1) is 0 Å². The van der Waals surface area contributed by atoms with Gasteiger partial charge in [0.1, 0.15) is 0 Å². The van der Waals surface area contributed by atoms with Gasteiger partial charge in [-0.3, -0.25) is 0 Å². The SMILES string of the molecule is C1CC2CC2C1.CN(C)C. The molecule has 2 aliphatic rings.